The molecule has 170 valence electrons. The molecule has 1 heterocycles. The molecule has 0 aromatic heterocycles. The first-order valence-electron chi connectivity index (χ1n) is 10.8. The van der Waals surface area contributed by atoms with Crippen molar-refractivity contribution in [3.63, 3.8) is 0 Å². The summed E-state index contributed by atoms with van der Waals surface area (Å²) in [6.07, 6.45) is 4.12. The second-order valence-corrected chi connectivity index (χ2v) is 8.11. The number of rotatable bonds is 8. The number of carbonyl (C=O) groups is 2. The fourth-order valence-electron chi connectivity index (χ4n) is 4.60. The van der Waals surface area contributed by atoms with E-state index < -0.39 is 6.61 Å². The van der Waals surface area contributed by atoms with Gasteiger partial charge in [0.05, 0.1) is 18.2 Å². The van der Waals surface area contributed by atoms with Crippen LogP contribution >= 0.6 is 0 Å². The maximum Gasteiger partial charge on any atom is 0.387 e. The highest BCUT2D eigenvalue weighted by atomic mass is 19.3. The van der Waals surface area contributed by atoms with E-state index in [1.165, 1.54) is 18.1 Å². The number of benzene rings is 2. The van der Waals surface area contributed by atoms with E-state index in [9.17, 15) is 18.4 Å². The van der Waals surface area contributed by atoms with E-state index in [-0.39, 0.29) is 35.4 Å². The van der Waals surface area contributed by atoms with Crippen LogP contribution in [0.25, 0.3) is 0 Å². The lowest BCUT2D eigenvalue weighted by atomic mass is 9.89. The van der Waals surface area contributed by atoms with Crippen LogP contribution in [0, 0.1) is 0 Å². The topological polar surface area (TPSA) is 67.9 Å². The molecule has 6 nitrogen and oxygen atoms in total. The Hall–Kier alpha value is -3.00. The molecule has 0 saturated heterocycles. The highest BCUT2D eigenvalue weighted by Crippen LogP contribution is 2.32. The smallest absolute Gasteiger partial charge is 0.387 e. The largest absolute Gasteiger partial charge is 0.493 e. The zero-order chi connectivity index (χ0) is 22.7. The van der Waals surface area contributed by atoms with Crippen LogP contribution in [0.2, 0.25) is 0 Å². The summed E-state index contributed by atoms with van der Waals surface area (Å²) < 4.78 is 34.6. The molecular formula is C24H26F2N2O4. The van der Waals surface area contributed by atoms with E-state index in [4.69, 9.17) is 4.74 Å². The van der Waals surface area contributed by atoms with Crippen LogP contribution < -0.4 is 14.8 Å². The van der Waals surface area contributed by atoms with E-state index in [0.717, 1.165) is 31.2 Å². The number of halogens is 2. The molecule has 1 aliphatic carbocycles. The zero-order valence-electron chi connectivity index (χ0n) is 17.9. The second kappa shape index (κ2) is 9.65. The van der Waals surface area contributed by atoms with Gasteiger partial charge >= 0.3 is 6.61 Å². The molecule has 1 aliphatic heterocycles. The van der Waals surface area contributed by atoms with Crippen LogP contribution in [0.3, 0.4) is 0 Å². The lowest BCUT2D eigenvalue weighted by Gasteiger charge is -2.34. The van der Waals surface area contributed by atoms with Gasteiger partial charge in [0, 0.05) is 12.1 Å². The van der Waals surface area contributed by atoms with Crippen molar-refractivity contribution < 1.29 is 27.8 Å². The van der Waals surface area contributed by atoms with Gasteiger partial charge in [0.25, 0.3) is 11.8 Å². The van der Waals surface area contributed by atoms with Crippen molar-refractivity contribution in [2.75, 3.05) is 13.7 Å². The molecule has 2 atom stereocenters. The summed E-state index contributed by atoms with van der Waals surface area (Å²) in [6.45, 7) is -2.23. The standard InChI is InChI=1S/C24H26F2N2O4/c1-31-21-13-15(9-10-20(21)32-24(25)26)11-12-27-16-5-4-6-17(14-16)28-22(29)18-7-2-3-8-19(18)23(28)30/h2-3,7-10,13,16-17,24,27H,4-6,11-12,14H2,1H3. The molecular weight excluding hydrogens is 418 g/mol. The number of ether oxygens (including phenoxy) is 2. The molecule has 2 unspecified atom stereocenters. The van der Waals surface area contributed by atoms with Gasteiger partial charge in [0.2, 0.25) is 0 Å². The Labute approximate surface area is 185 Å². The molecule has 0 radical (unpaired) electrons. The fourth-order valence-corrected chi connectivity index (χ4v) is 4.60. The second-order valence-electron chi connectivity index (χ2n) is 8.11. The number of imide groups is 1. The molecule has 2 aliphatic rings. The number of hydrogen-bond donors (Lipinski definition) is 1. The Morgan fingerprint density at radius 2 is 1.78 bits per heavy atom. The SMILES string of the molecule is COc1cc(CCNC2CCCC(N3C(=O)c4ccccc4C3=O)C2)ccc1OC(F)F. The number of nitrogens with zero attached hydrogens (tertiary/aromatic N) is 1. The fraction of sp³-hybridized carbons (Fsp3) is 0.417. The van der Waals surface area contributed by atoms with Crippen molar-refractivity contribution in [3.05, 3.63) is 59.2 Å². The lowest BCUT2D eigenvalue weighted by molar-refractivity contribution is -0.0512. The van der Waals surface area contributed by atoms with Gasteiger partial charge < -0.3 is 14.8 Å². The highest BCUT2D eigenvalue weighted by Gasteiger charge is 2.41. The number of methoxy groups -OCH3 is 1. The van der Waals surface area contributed by atoms with E-state index in [0.29, 0.717) is 24.1 Å². The van der Waals surface area contributed by atoms with Gasteiger partial charge in [0.15, 0.2) is 11.5 Å². The van der Waals surface area contributed by atoms with E-state index >= 15 is 0 Å². The summed E-state index contributed by atoms with van der Waals surface area (Å²) in [7, 11) is 1.41. The molecule has 1 fully saturated rings. The number of hydrogen-bond acceptors (Lipinski definition) is 5. The van der Waals surface area contributed by atoms with Gasteiger partial charge in [-0.3, -0.25) is 14.5 Å². The average Bonchev–Trinajstić information content (AvgIpc) is 3.05. The summed E-state index contributed by atoms with van der Waals surface area (Å²) in [5.41, 5.74) is 1.91. The van der Waals surface area contributed by atoms with Crippen LogP contribution in [0.1, 0.15) is 52.0 Å². The number of alkyl halides is 2. The first-order valence-corrected chi connectivity index (χ1v) is 10.8. The summed E-state index contributed by atoms with van der Waals surface area (Å²) in [4.78, 5) is 27.0. The number of carbonyl (C=O) groups excluding carboxylic acids is 2. The molecule has 0 bridgehead atoms. The van der Waals surface area contributed by atoms with E-state index in [1.807, 2.05) is 0 Å². The van der Waals surface area contributed by atoms with E-state index in [2.05, 4.69) is 10.1 Å². The molecule has 8 heteroatoms. The van der Waals surface area contributed by atoms with Crippen LogP contribution in [-0.4, -0.2) is 49.1 Å². The molecule has 32 heavy (non-hydrogen) atoms. The Balaban J connectivity index is 1.33. The van der Waals surface area contributed by atoms with Crippen molar-refractivity contribution in [3.8, 4) is 11.5 Å². The molecule has 2 amide bonds. The normalized spacial score (nSPS) is 20.6. The number of nitrogens with one attached hydrogen (secondary N) is 1. The van der Waals surface area contributed by atoms with Gasteiger partial charge in [-0.05, 0) is 68.5 Å². The third kappa shape index (κ3) is 4.60. The molecule has 1 saturated carbocycles. The van der Waals surface area contributed by atoms with E-state index in [1.54, 1.807) is 36.4 Å². The number of fused-ring (bicyclic) bond motifs is 1. The first kappa shape index (κ1) is 22.2. The van der Waals surface area contributed by atoms with Crippen molar-refractivity contribution in [2.24, 2.45) is 0 Å². The summed E-state index contributed by atoms with van der Waals surface area (Å²) in [5.74, 6) is -0.120. The van der Waals surface area contributed by atoms with Crippen molar-refractivity contribution in [1.82, 2.24) is 10.2 Å². The third-order valence-corrected chi connectivity index (χ3v) is 6.13. The first-order chi connectivity index (χ1) is 15.5. The molecule has 4 rings (SSSR count). The van der Waals surface area contributed by atoms with Gasteiger partial charge in [-0.15, -0.1) is 0 Å². The Bertz CT molecular complexity index is 963. The molecule has 0 spiro atoms. The van der Waals surface area contributed by atoms with Crippen LogP contribution in [0.15, 0.2) is 42.5 Å². The van der Waals surface area contributed by atoms with Gasteiger partial charge in [-0.2, -0.15) is 8.78 Å². The average molecular weight is 444 g/mol. The zero-order valence-corrected chi connectivity index (χ0v) is 17.9. The Morgan fingerprint density at radius 3 is 2.44 bits per heavy atom. The number of amides is 2. The van der Waals surface area contributed by atoms with Crippen LogP contribution in [0.4, 0.5) is 8.78 Å². The Kier molecular flexibility index (Phi) is 6.69. The van der Waals surface area contributed by atoms with Gasteiger partial charge in [-0.25, -0.2) is 0 Å². The summed E-state index contributed by atoms with van der Waals surface area (Å²) >= 11 is 0. The minimum absolute atomic E-state index is 0.00951. The van der Waals surface area contributed by atoms with Gasteiger partial charge in [0.1, 0.15) is 0 Å². The molecule has 2 aromatic rings. The predicted octanol–water partition coefficient (Wildman–Crippen LogP) is 4.04. The van der Waals surface area contributed by atoms with Crippen LogP contribution in [-0.2, 0) is 6.42 Å². The summed E-state index contributed by atoms with van der Waals surface area (Å²) in [6, 6.07) is 12.0. The quantitative estimate of drug-likeness (QED) is 0.623. The van der Waals surface area contributed by atoms with Gasteiger partial charge in [-0.1, -0.05) is 18.2 Å². The maximum atomic E-state index is 12.8. The monoisotopic (exact) mass is 444 g/mol. The maximum absolute atomic E-state index is 12.8. The van der Waals surface area contributed by atoms with Crippen molar-refractivity contribution >= 4 is 11.8 Å². The predicted molar refractivity (Wildman–Crippen MR) is 114 cm³/mol. The highest BCUT2D eigenvalue weighted by molar-refractivity contribution is 6.21. The minimum atomic E-state index is -2.90. The summed E-state index contributed by atoms with van der Waals surface area (Å²) in [5, 5.41) is 3.52. The van der Waals surface area contributed by atoms with Crippen molar-refractivity contribution in [1.29, 1.82) is 0 Å². The molecule has 1 N–H and O–H groups in total. The lowest BCUT2D eigenvalue weighted by Crippen LogP contribution is -2.47. The van der Waals surface area contributed by atoms with Crippen LogP contribution in [0.5, 0.6) is 11.5 Å². The minimum Gasteiger partial charge on any atom is -0.493 e. The third-order valence-electron chi connectivity index (χ3n) is 6.13. The Morgan fingerprint density at radius 1 is 1.06 bits per heavy atom. The molecule has 2 aromatic carbocycles. The van der Waals surface area contributed by atoms with Crippen molar-refractivity contribution in [2.45, 2.75) is 50.8 Å².